The molecule has 0 radical (unpaired) electrons. The normalized spacial score (nSPS) is 11.2. The SMILES string of the molecule is CN(C)c1ccc(N(CCNC(=O)Cc2cccs2)S(C)(=O)=O)cc1. The zero-order valence-electron chi connectivity index (χ0n) is 14.6. The van der Waals surface area contributed by atoms with Gasteiger partial charge >= 0.3 is 0 Å². The van der Waals surface area contributed by atoms with Crippen molar-refractivity contribution in [1.82, 2.24) is 5.32 Å². The summed E-state index contributed by atoms with van der Waals surface area (Å²) in [4.78, 5) is 14.8. The van der Waals surface area contributed by atoms with Crippen LogP contribution in [0.3, 0.4) is 0 Å². The quantitative estimate of drug-likeness (QED) is 0.759. The summed E-state index contributed by atoms with van der Waals surface area (Å²) in [6, 6.07) is 11.1. The van der Waals surface area contributed by atoms with Gasteiger partial charge in [0.25, 0.3) is 0 Å². The molecule has 0 aliphatic carbocycles. The maximum atomic E-state index is 12.1. The first-order valence-corrected chi connectivity index (χ1v) is 10.5. The lowest BCUT2D eigenvalue weighted by molar-refractivity contribution is -0.120. The third-order valence-electron chi connectivity index (χ3n) is 3.61. The van der Waals surface area contributed by atoms with Crippen molar-refractivity contribution < 1.29 is 13.2 Å². The highest BCUT2D eigenvalue weighted by atomic mass is 32.2. The average molecular weight is 382 g/mol. The topological polar surface area (TPSA) is 69.7 Å². The molecule has 1 aromatic heterocycles. The van der Waals surface area contributed by atoms with E-state index in [-0.39, 0.29) is 19.0 Å². The van der Waals surface area contributed by atoms with Crippen molar-refractivity contribution in [3.05, 3.63) is 46.7 Å². The predicted octanol–water partition coefficient (Wildman–Crippen LogP) is 1.94. The first kappa shape index (κ1) is 19.3. The average Bonchev–Trinajstić information content (AvgIpc) is 3.03. The van der Waals surface area contributed by atoms with Gasteiger partial charge in [0.15, 0.2) is 0 Å². The van der Waals surface area contributed by atoms with E-state index in [2.05, 4.69) is 5.32 Å². The minimum absolute atomic E-state index is 0.112. The minimum Gasteiger partial charge on any atom is -0.378 e. The van der Waals surface area contributed by atoms with Gasteiger partial charge in [-0.05, 0) is 35.7 Å². The van der Waals surface area contributed by atoms with Crippen molar-refractivity contribution in [3.63, 3.8) is 0 Å². The van der Waals surface area contributed by atoms with Crippen LogP contribution >= 0.6 is 11.3 Å². The van der Waals surface area contributed by atoms with E-state index in [1.807, 2.05) is 48.6 Å². The lowest BCUT2D eigenvalue weighted by Crippen LogP contribution is -2.38. The van der Waals surface area contributed by atoms with Crippen LogP contribution in [0.15, 0.2) is 41.8 Å². The third-order valence-corrected chi connectivity index (χ3v) is 5.68. The molecule has 1 amide bonds. The monoisotopic (exact) mass is 381 g/mol. The molecule has 0 atom stereocenters. The summed E-state index contributed by atoms with van der Waals surface area (Å²) in [5.74, 6) is -0.112. The molecule has 1 heterocycles. The molecule has 25 heavy (non-hydrogen) atoms. The number of sulfonamides is 1. The summed E-state index contributed by atoms with van der Waals surface area (Å²) >= 11 is 1.52. The van der Waals surface area contributed by atoms with E-state index in [9.17, 15) is 13.2 Å². The van der Waals surface area contributed by atoms with Crippen molar-refractivity contribution in [2.75, 3.05) is 42.6 Å². The number of amides is 1. The molecule has 0 saturated carbocycles. The Bertz CT molecular complexity index is 785. The van der Waals surface area contributed by atoms with Gasteiger partial charge in [0.2, 0.25) is 15.9 Å². The lowest BCUT2D eigenvalue weighted by Gasteiger charge is -2.23. The van der Waals surface area contributed by atoms with Gasteiger partial charge in [0.1, 0.15) is 0 Å². The van der Waals surface area contributed by atoms with Gasteiger partial charge in [-0.3, -0.25) is 9.10 Å². The molecule has 8 heteroatoms. The van der Waals surface area contributed by atoms with Crippen molar-refractivity contribution in [3.8, 4) is 0 Å². The van der Waals surface area contributed by atoms with Crippen LogP contribution in [-0.2, 0) is 21.2 Å². The first-order chi connectivity index (χ1) is 11.8. The summed E-state index contributed by atoms with van der Waals surface area (Å²) in [6.45, 7) is 0.447. The van der Waals surface area contributed by atoms with E-state index >= 15 is 0 Å². The van der Waals surface area contributed by atoms with Crippen LogP contribution in [0.1, 0.15) is 4.88 Å². The van der Waals surface area contributed by atoms with Gasteiger partial charge in [-0.2, -0.15) is 0 Å². The number of benzene rings is 1. The highest BCUT2D eigenvalue weighted by molar-refractivity contribution is 7.92. The molecule has 1 aromatic carbocycles. The van der Waals surface area contributed by atoms with Crippen molar-refractivity contribution in [2.24, 2.45) is 0 Å². The smallest absolute Gasteiger partial charge is 0.232 e. The zero-order chi connectivity index (χ0) is 18.4. The van der Waals surface area contributed by atoms with Crippen molar-refractivity contribution >= 4 is 38.6 Å². The summed E-state index contributed by atoms with van der Waals surface area (Å²) in [6.07, 6.45) is 1.48. The van der Waals surface area contributed by atoms with Crippen molar-refractivity contribution in [2.45, 2.75) is 6.42 Å². The molecule has 2 aromatic rings. The second-order valence-corrected chi connectivity index (χ2v) is 8.79. The fourth-order valence-electron chi connectivity index (χ4n) is 2.33. The van der Waals surface area contributed by atoms with Crippen LogP contribution in [0.2, 0.25) is 0 Å². The molecule has 1 N–H and O–H groups in total. The number of hydrogen-bond acceptors (Lipinski definition) is 5. The summed E-state index contributed by atoms with van der Waals surface area (Å²) < 4.78 is 25.5. The van der Waals surface area contributed by atoms with Crippen LogP contribution in [0.25, 0.3) is 0 Å². The number of carbonyl (C=O) groups excluding carboxylic acids is 1. The number of hydrogen-bond donors (Lipinski definition) is 1. The van der Waals surface area contributed by atoms with Crippen molar-refractivity contribution in [1.29, 1.82) is 0 Å². The highest BCUT2D eigenvalue weighted by Crippen LogP contribution is 2.21. The minimum atomic E-state index is -3.43. The predicted molar refractivity (Wildman–Crippen MR) is 104 cm³/mol. The number of nitrogens with zero attached hydrogens (tertiary/aromatic N) is 2. The standard InChI is InChI=1S/C17H23N3O3S2/c1-19(2)14-6-8-15(9-7-14)20(25(3,22)23)11-10-18-17(21)13-16-5-4-12-24-16/h4-9,12H,10-11,13H2,1-3H3,(H,18,21). The molecule has 0 spiro atoms. The van der Waals surface area contributed by atoms with Crippen LogP contribution in [0, 0.1) is 0 Å². The van der Waals surface area contributed by atoms with E-state index in [4.69, 9.17) is 0 Å². The maximum absolute atomic E-state index is 12.1. The second-order valence-electron chi connectivity index (χ2n) is 5.85. The Hall–Kier alpha value is -2.06. The molecular formula is C17H23N3O3S2. The molecule has 0 aliphatic rings. The molecule has 0 bridgehead atoms. The van der Waals surface area contributed by atoms with Crippen LogP contribution in [-0.4, -0.2) is 47.8 Å². The van der Waals surface area contributed by atoms with Gasteiger partial charge in [0.05, 0.1) is 24.9 Å². The van der Waals surface area contributed by atoms with E-state index in [1.54, 1.807) is 12.1 Å². The molecule has 0 unspecified atom stereocenters. The van der Waals surface area contributed by atoms with Gasteiger partial charge in [-0.15, -0.1) is 11.3 Å². The van der Waals surface area contributed by atoms with Gasteiger partial charge in [-0.25, -0.2) is 8.42 Å². The Morgan fingerprint density at radius 2 is 1.76 bits per heavy atom. The highest BCUT2D eigenvalue weighted by Gasteiger charge is 2.17. The van der Waals surface area contributed by atoms with Crippen LogP contribution in [0.5, 0.6) is 0 Å². The molecular weight excluding hydrogens is 358 g/mol. The number of anilines is 2. The van der Waals surface area contributed by atoms with E-state index in [1.165, 1.54) is 21.9 Å². The molecule has 0 fully saturated rings. The Morgan fingerprint density at radius 1 is 1.12 bits per heavy atom. The molecule has 2 rings (SSSR count). The second kappa shape index (κ2) is 8.35. The Labute approximate surface area is 153 Å². The summed E-state index contributed by atoms with van der Waals surface area (Å²) in [5.41, 5.74) is 1.57. The van der Waals surface area contributed by atoms with Gasteiger partial charge in [0, 0.05) is 31.2 Å². The maximum Gasteiger partial charge on any atom is 0.232 e. The first-order valence-electron chi connectivity index (χ1n) is 7.81. The lowest BCUT2D eigenvalue weighted by atomic mass is 10.2. The van der Waals surface area contributed by atoms with Gasteiger partial charge < -0.3 is 10.2 Å². The fraction of sp³-hybridized carbons (Fsp3) is 0.353. The van der Waals surface area contributed by atoms with E-state index in [0.717, 1.165) is 10.6 Å². The number of thiophene rings is 1. The molecule has 6 nitrogen and oxygen atoms in total. The Balaban J connectivity index is 1.97. The zero-order valence-corrected chi connectivity index (χ0v) is 16.2. The molecule has 136 valence electrons. The van der Waals surface area contributed by atoms with E-state index < -0.39 is 10.0 Å². The molecule has 0 aliphatic heterocycles. The van der Waals surface area contributed by atoms with E-state index in [0.29, 0.717) is 12.1 Å². The largest absolute Gasteiger partial charge is 0.378 e. The fourth-order valence-corrected chi connectivity index (χ4v) is 3.97. The number of nitrogens with one attached hydrogen (secondary N) is 1. The Morgan fingerprint density at radius 3 is 2.28 bits per heavy atom. The van der Waals surface area contributed by atoms with Crippen LogP contribution in [0.4, 0.5) is 11.4 Å². The Kier molecular flexibility index (Phi) is 6.44. The molecule has 0 saturated heterocycles. The van der Waals surface area contributed by atoms with Gasteiger partial charge in [-0.1, -0.05) is 6.07 Å². The summed E-state index contributed by atoms with van der Waals surface area (Å²) in [7, 11) is 0.418. The summed E-state index contributed by atoms with van der Waals surface area (Å²) in [5, 5.41) is 4.70. The number of rotatable bonds is 8. The van der Waals surface area contributed by atoms with Crippen LogP contribution < -0.4 is 14.5 Å². The number of carbonyl (C=O) groups is 1. The third kappa shape index (κ3) is 5.75.